The third-order valence-electron chi connectivity index (χ3n) is 3.01. The van der Waals surface area contributed by atoms with Crippen LogP contribution in [0.25, 0.3) is 10.9 Å². The Morgan fingerprint density at radius 2 is 1.90 bits per heavy atom. The Kier molecular flexibility index (Phi) is 3.65. The third kappa shape index (κ3) is 2.09. The molecule has 1 heterocycles. The number of aromatic nitrogens is 1. The van der Waals surface area contributed by atoms with Gasteiger partial charge in [-0.15, -0.1) is 0 Å². The number of fused-ring (bicyclic) bond motifs is 1. The summed E-state index contributed by atoms with van der Waals surface area (Å²) in [7, 11) is 0. The summed E-state index contributed by atoms with van der Waals surface area (Å²) >= 11 is 0. The molecule has 0 atom stereocenters. The molecule has 6 nitrogen and oxygen atoms in total. The van der Waals surface area contributed by atoms with E-state index < -0.39 is 11.4 Å². The van der Waals surface area contributed by atoms with E-state index in [9.17, 15) is 19.8 Å². The van der Waals surface area contributed by atoms with Crippen LogP contribution >= 0.6 is 0 Å². The van der Waals surface area contributed by atoms with Crippen LogP contribution in [0.3, 0.4) is 0 Å². The standard InChI is InChI=1S/C14H15NO5/c1-3-15-7-8(14(19)20-4-2)13(18)11-9(16)5-6-10(17)12(11)15/h5-7,16-17H,3-4H2,1-2H3. The molecule has 106 valence electrons. The van der Waals surface area contributed by atoms with Crippen molar-refractivity contribution in [2.75, 3.05) is 6.61 Å². The molecule has 0 aliphatic rings. The number of pyridine rings is 1. The number of aryl methyl sites for hydroxylation is 1. The van der Waals surface area contributed by atoms with Gasteiger partial charge in [0.1, 0.15) is 17.1 Å². The van der Waals surface area contributed by atoms with Crippen molar-refractivity contribution in [3.05, 3.63) is 34.1 Å². The van der Waals surface area contributed by atoms with Gasteiger partial charge in [0.2, 0.25) is 5.43 Å². The second kappa shape index (κ2) is 5.24. The van der Waals surface area contributed by atoms with Crippen LogP contribution in [0, 0.1) is 0 Å². The molecule has 0 amide bonds. The fraction of sp³-hybridized carbons (Fsp3) is 0.286. The lowest BCUT2D eigenvalue weighted by Crippen LogP contribution is -2.20. The molecule has 0 saturated heterocycles. The molecule has 0 saturated carbocycles. The zero-order chi connectivity index (χ0) is 14.9. The summed E-state index contributed by atoms with van der Waals surface area (Å²) in [6, 6.07) is 2.52. The molecule has 0 fully saturated rings. The third-order valence-corrected chi connectivity index (χ3v) is 3.01. The predicted octanol–water partition coefficient (Wildman–Crippen LogP) is 1.61. The molecule has 2 rings (SSSR count). The average Bonchev–Trinajstić information content (AvgIpc) is 2.43. The van der Waals surface area contributed by atoms with Gasteiger partial charge in [0.25, 0.3) is 0 Å². The first kappa shape index (κ1) is 13.9. The fourth-order valence-corrected chi connectivity index (χ4v) is 2.10. The molecule has 1 aromatic heterocycles. The van der Waals surface area contributed by atoms with E-state index in [0.717, 1.165) is 0 Å². The van der Waals surface area contributed by atoms with E-state index in [2.05, 4.69) is 0 Å². The maximum absolute atomic E-state index is 12.3. The average molecular weight is 277 g/mol. The molecule has 0 bridgehead atoms. The first-order valence-corrected chi connectivity index (χ1v) is 6.26. The smallest absolute Gasteiger partial charge is 0.343 e. The van der Waals surface area contributed by atoms with Crippen LogP contribution in [0.5, 0.6) is 11.5 Å². The predicted molar refractivity (Wildman–Crippen MR) is 73.2 cm³/mol. The number of carbonyl (C=O) groups is 1. The number of rotatable bonds is 3. The zero-order valence-electron chi connectivity index (χ0n) is 11.2. The maximum Gasteiger partial charge on any atom is 0.343 e. The molecule has 0 unspecified atom stereocenters. The van der Waals surface area contributed by atoms with Crippen LogP contribution in [0.4, 0.5) is 0 Å². The minimum Gasteiger partial charge on any atom is -0.507 e. The quantitative estimate of drug-likeness (QED) is 0.657. The van der Waals surface area contributed by atoms with E-state index in [-0.39, 0.29) is 34.6 Å². The molecule has 20 heavy (non-hydrogen) atoms. The molecule has 2 N–H and O–H groups in total. The summed E-state index contributed by atoms with van der Waals surface area (Å²) < 4.78 is 6.36. The highest BCUT2D eigenvalue weighted by Crippen LogP contribution is 2.29. The highest BCUT2D eigenvalue weighted by molar-refractivity contribution is 5.97. The van der Waals surface area contributed by atoms with Gasteiger partial charge in [-0.25, -0.2) is 4.79 Å². The second-order valence-electron chi connectivity index (χ2n) is 4.21. The largest absolute Gasteiger partial charge is 0.507 e. The van der Waals surface area contributed by atoms with Gasteiger partial charge in [0.15, 0.2) is 0 Å². The summed E-state index contributed by atoms with van der Waals surface area (Å²) in [5.41, 5.74) is -0.621. The van der Waals surface area contributed by atoms with Crippen LogP contribution in [0.2, 0.25) is 0 Å². The molecule has 0 spiro atoms. The van der Waals surface area contributed by atoms with Crippen LogP contribution in [-0.2, 0) is 11.3 Å². The summed E-state index contributed by atoms with van der Waals surface area (Å²) in [5.74, 6) is -1.16. The van der Waals surface area contributed by atoms with E-state index in [4.69, 9.17) is 4.74 Å². The minimum absolute atomic E-state index is 0.0857. The van der Waals surface area contributed by atoms with Crippen LogP contribution in [0.1, 0.15) is 24.2 Å². The van der Waals surface area contributed by atoms with Crippen molar-refractivity contribution in [2.24, 2.45) is 0 Å². The number of hydrogen-bond acceptors (Lipinski definition) is 5. The minimum atomic E-state index is -0.746. The number of aromatic hydroxyl groups is 2. The van der Waals surface area contributed by atoms with Crippen LogP contribution in [0.15, 0.2) is 23.1 Å². The van der Waals surface area contributed by atoms with Gasteiger partial charge in [-0.3, -0.25) is 4.79 Å². The van der Waals surface area contributed by atoms with Crippen molar-refractivity contribution in [2.45, 2.75) is 20.4 Å². The Labute approximate surface area is 114 Å². The summed E-state index contributed by atoms with van der Waals surface area (Å²) in [6.45, 7) is 4.00. The second-order valence-corrected chi connectivity index (χ2v) is 4.21. The molecule has 0 aliphatic carbocycles. The highest BCUT2D eigenvalue weighted by Gasteiger charge is 2.20. The van der Waals surface area contributed by atoms with Gasteiger partial charge in [0.05, 0.1) is 17.5 Å². The first-order valence-electron chi connectivity index (χ1n) is 6.26. The number of phenolic OH excluding ortho intramolecular Hbond substituents is 2. The SMILES string of the molecule is CCOC(=O)c1cn(CC)c2c(O)ccc(O)c2c1=O. The Bertz CT molecular complexity index is 732. The van der Waals surface area contributed by atoms with Crippen molar-refractivity contribution < 1.29 is 19.7 Å². The van der Waals surface area contributed by atoms with Crippen molar-refractivity contribution in [1.29, 1.82) is 0 Å². The fourth-order valence-electron chi connectivity index (χ4n) is 2.10. The monoisotopic (exact) mass is 277 g/mol. The topological polar surface area (TPSA) is 88.8 Å². The lowest BCUT2D eigenvalue weighted by molar-refractivity contribution is 0.0524. The molecular formula is C14H15NO5. The number of ether oxygens (including phenoxy) is 1. The van der Waals surface area contributed by atoms with E-state index in [0.29, 0.717) is 6.54 Å². The van der Waals surface area contributed by atoms with Gasteiger partial charge >= 0.3 is 5.97 Å². The number of nitrogens with zero attached hydrogens (tertiary/aromatic N) is 1. The Balaban J connectivity index is 2.89. The Morgan fingerprint density at radius 3 is 2.50 bits per heavy atom. The van der Waals surface area contributed by atoms with Gasteiger partial charge < -0.3 is 19.5 Å². The summed E-state index contributed by atoms with van der Waals surface area (Å²) in [6.07, 6.45) is 1.34. The summed E-state index contributed by atoms with van der Waals surface area (Å²) in [4.78, 5) is 24.1. The van der Waals surface area contributed by atoms with Crippen LogP contribution in [-0.4, -0.2) is 27.4 Å². The normalized spacial score (nSPS) is 10.7. The van der Waals surface area contributed by atoms with E-state index in [1.807, 2.05) is 0 Å². The number of carbonyl (C=O) groups excluding carboxylic acids is 1. The first-order chi connectivity index (χ1) is 9.51. The number of benzene rings is 1. The van der Waals surface area contributed by atoms with E-state index in [1.54, 1.807) is 13.8 Å². The highest BCUT2D eigenvalue weighted by atomic mass is 16.5. The number of hydrogen-bond donors (Lipinski definition) is 2. The van der Waals surface area contributed by atoms with Gasteiger partial charge in [-0.1, -0.05) is 0 Å². The number of phenols is 2. The van der Waals surface area contributed by atoms with Gasteiger partial charge in [-0.05, 0) is 26.0 Å². The Morgan fingerprint density at radius 1 is 1.25 bits per heavy atom. The van der Waals surface area contributed by atoms with E-state index in [1.165, 1.54) is 22.9 Å². The van der Waals surface area contributed by atoms with Crippen molar-refractivity contribution >= 4 is 16.9 Å². The van der Waals surface area contributed by atoms with Crippen molar-refractivity contribution in [1.82, 2.24) is 4.57 Å². The van der Waals surface area contributed by atoms with Crippen molar-refractivity contribution in [3.8, 4) is 11.5 Å². The van der Waals surface area contributed by atoms with Crippen LogP contribution < -0.4 is 5.43 Å². The molecule has 0 radical (unpaired) electrons. The summed E-state index contributed by atoms with van der Waals surface area (Å²) in [5, 5.41) is 19.6. The molecule has 0 aliphatic heterocycles. The molecule has 1 aromatic carbocycles. The zero-order valence-corrected chi connectivity index (χ0v) is 11.2. The molecule has 6 heteroatoms. The van der Waals surface area contributed by atoms with Gasteiger partial charge in [-0.2, -0.15) is 0 Å². The van der Waals surface area contributed by atoms with E-state index >= 15 is 0 Å². The lowest BCUT2D eigenvalue weighted by atomic mass is 10.1. The molecule has 2 aromatic rings. The lowest BCUT2D eigenvalue weighted by Gasteiger charge is -2.13. The Hall–Kier alpha value is -2.50. The molecular weight excluding hydrogens is 262 g/mol. The van der Waals surface area contributed by atoms with Crippen molar-refractivity contribution in [3.63, 3.8) is 0 Å². The maximum atomic E-state index is 12.3. The number of esters is 1. The van der Waals surface area contributed by atoms with Gasteiger partial charge in [0, 0.05) is 12.7 Å².